The van der Waals surface area contributed by atoms with E-state index in [4.69, 9.17) is 0 Å². The maximum Gasteiger partial charge on any atom is 0.225 e. The molecule has 0 radical (unpaired) electrons. The van der Waals surface area contributed by atoms with Crippen LogP contribution in [0, 0.1) is 5.92 Å². The van der Waals surface area contributed by atoms with Crippen LogP contribution in [0.15, 0.2) is 29.3 Å². The molecule has 28 heavy (non-hydrogen) atoms. The molecule has 3 N–H and O–H groups in total. The highest BCUT2D eigenvalue weighted by molar-refractivity contribution is 5.94. The van der Waals surface area contributed by atoms with Gasteiger partial charge < -0.3 is 20.9 Å². The Morgan fingerprint density at radius 2 is 2.14 bits per heavy atom. The first-order valence-corrected chi connectivity index (χ1v) is 10.7. The van der Waals surface area contributed by atoms with Crippen LogP contribution in [0.3, 0.4) is 0 Å². The van der Waals surface area contributed by atoms with Crippen LogP contribution in [0.1, 0.15) is 50.5 Å². The van der Waals surface area contributed by atoms with Gasteiger partial charge in [-0.2, -0.15) is 0 Å². The molecule has 1 aromatic carbocycles. The Kier molecular flexibility index (Phi) is 7.71. The summed E-state index contributed by atoms with van der Waals surface area (Å²) in [6, 6.07) is 8.05. The van der Waals surface area contributed by atoms with Crippen molar-refractivity contribution in [3.8, 4) is 0 Å². The Morgan fingerprint density at radius 3 is 2.96 bits per heavy atom. The fourth-order valence-corrected chi connectivity index (χ4v) is 4.28. The lowest BCUT2D eigenvalue weighted by molar-refractivity contribution is -0.116. The smallest absolute Gasteiger partial charge is 0.225 e. The zero-order valence-corrected chi connectivity index (χ0v) is 17.3. The topological polar surface area (TPSA) is 68.8 Å². The molecule has 0 bridgehead atoms. The van der Waals surface area contributed by atoms with Gasteiger partial charge in [0, 0.05) is 44.7 Å². The summed E-state index contributed by atoms with van der Waals surface area (Å²) in [4.78, 5) is 18.9. The molecular weight excluding hydrogens is 350 g/mol. The van der Waals surface area contributed by atoms with Crippen molar-refractivity contribution in [1.29, 1.82) is 0 Å². The second-order valence-corrected chi connectivity index (χ2v) is 8.17. The van der Waals surface area contributed by atoms with Crippen molar-refractivity contribution in [3.05, 3.63) is 29.8 Å². The summed E-state index contributed by atoms with van der Waals surface area (Å²) in [5, 5.41) is 9.76. The minimum atomic E-state index is 0.0838. The molecule has 2 aliphatic rings. The SMILES string of the molecule is CN=C(NCCCCN1CCCC(C)C1)NCC1CC(=O)Nc2ccccc21. The number of amides is 1. The first-order valence-electron chi connectivity index (χ1n) is 10.7. The Hall–Kier alpha value is -2.08. The average molecular weight is 386 g/mol. The van der Waals surface area contributed by atoms with Gasteiger partial charge in [0.1, 0.15) is 0 Å². The summed E-state index contributed by atoms with van der Waals surface area (Å²) in [6.07, 6.45) is 5.59. The minimum absolute atomic E-state index is 0.0838. The predicted octanol–water partition coefficient (Wildman–Crippen LogP) is 2.79. The van der Waals surface area contributed by atoms with Crippen LogP contribution in [0.4, 0.5) is 5.69 Å². The molecular formula is C22H35N5O. The number of benzene rings is 1. The van der Waals surface area contributed by atoms with Gasteiger partial charge in [0.25, 0.3) is 0 Å². The second-order valence-electron chi connectivity index (χ2n) is 8.17. The normalized spacial score (nSPS) is 23.1. The third kappa shape index (κ3) is 5.96. The molecule has 1 amide bonds. The maximum atomic E-state index is 12.0. The lowest BCUT2D eigenvalue weighted by atomic mass is 9.90. The van der Waals surface area contributed by atoms with Crippen LogP contribution in [0.5, 0.6) is 0 Å². The first kappa shape index (κ1) is 20.6. The number of carbonyl (C=O) groups is 1. The number of carbonyl (C=O) groups excluding carboxylic acids is 1. The van der Waals surface area contributed by atoms with Crippen molar-refractivity contribution in [1.82, 2.24) is 15.5 Å². The molecule has 0 aliphatic carbocycles. The van der Waals surface area contributed by atoms with Gasteiger partial charge >= 0.3 is 0 Å². The molecule has 2 atom stereocenters. The van der Waals surface area contributed by atoms with Crippen LogP contribution in [-0.4, -0.2) is 56.5 Å². The van der Waals surface area contributed by atoms with Gasteiger partial charge in [-0.3, -0.25) is 9.79 Å². The zero-order valence-electron chi connectivity index (χ0n) is 17.3. The Bertz CT molecular complexity index is 675. The molecule has 154 valence electrons. The highest BCUT2D eigenvalue weighted by Gasteiger charge is 2.24. The second kappa shape index (κ2) is 10.5. The molecule has 2 unspecified atom stereocenters. The predicted molar refractivity (Wildman–Crippen MR) is 116 cm³/mol. The van der Waals surface area contributed by atoms with Crippen molar-refractivity contribution < 1.29 is 4.79 Å². The number of unbranched alkanes of at least 4 members (excludes halogenated alkanes) is 1. The Balaban J connectivity index is 1.36. The van der Waals surface area contributed by atoms with Crippen molar-refractivity contribution in [3.63, 3.8) is 0 Å². The average Bonchev–Trinajstić information content (AvgIpc) is 2.69. The van der Waals surface area contributed by atoms with E-state index >= 15 is 0 Å². The minimum Gasteiger partial charge on any atom is -0.356 e. The zero-order chi connectivity index (χ0) is 19.8. The van der Waals surface area contributed by atoms with Crippen LogP contribution >= 0.6 is 0 Å². The van der Waals surface area contributed by atoms with Gasteiger partial charge in [0.15, 0.2) is 5.96 Å². The Labute approximate surface area is 169 Å². The maximum absolute atomic E-state index is 12.0. The summed E-state index contributed by atoms with van der Waals surface area (Å²) in [7, 11) is 1.80. The van der Waals surface area contributed by atoms with Crippen LogP contribution < -0.4 is 16.0 Å². The summed E-state index contributed by atoms with van der Waals surface area (Å²) in [5.41, 5.74) is 2.13. The van der Waals surface area contributed by atoms with E-state index in [0.29, 0.717) is 13.0 Å². The lowest BCUT2D eigenvalue weighted by Gasteiger charge is -2.30. The Morgan fingerprint density at radius 1 is 1.29 bits per heavy atom. The molecule has 6 nitrogen and oxygen atoms in total. The van der Waals surface area contributed by atoms with Crippen molar-refractivity contribution >= 4 is 17.6 Å². The molecule has 0 saturated carbocycles. The van der Waals surface area contributed by atoms with E-state index in [0.717, 1.165) is 30.5 Å². The quantitative estimate of drug-likeness (QED) is 0.384. The number of fused-ring (bicyclic) bond motifs is 1. The number of hydrogen-bond acceptors (Lipinski definition) is 3. The van der Waals surface area contributed by atoms with Gasteiger partial charge in [-0.05, 0) is 56.3 Å². The molecule has 3 rings (SSSR count). The summed E-state index contributed by atoms with van der Waals surface area (Å²) < 4.78 is 0. The van der Waals surface area contributed by atoms with Crippen molar-refractivity contribution in [2.45, 2.75) is 44.9 Å². The summed E-state index contributed by atoms with van der Waals surface area (Å²) >= 11 is 0. The van der Waals surface area contributed by atoms with E-state index in [1.165, 1.54) is 44.5 Å². The fourth-order valence-electron chi connectivity index (χ4n) is 4.28. The highest BCUT2D eigenvalue weighted by Crippen LogP contribution is 2.31. The number of nitrogens with zero attached hydrogens (tertiary/aromatic N) is 2. The lowest BCUT2D eigenvalue weighted by Crippen LogP contribution is -2.41. The number of aliphatic imine (C=N–C) groups is 1. The van der Waals surface area contributed by atoms with Crippen LogP contribution in [-0.2, 0) is 4.79 Å². The number of guanidine groups is 1. The number of likely N-dealkylation sites (tertiary alicyclic amines) is 1. The molecule has 1 saturated heterocycles. The molecule has 6 heteroatoms. The van der Waals surface area contributed by atoms with E-state index in [1.54, 1.807) is 7.05 Å². The van der Waals surface area contributed by atoms with Gasteiger partial charge in [0.05, 0.1) is 0 Å². The number of rotatable bonds is 7. The molecule has 2 aliphatic heterocycles. The van der Waals surface area contributed by atoms with E-state index < -0.39 is 0 Å². The standard InChI is InChI=1S/C22H35N5O/c1-17-8-7-13-27(16-17)12-6-5-11-24-22(23-2)25-15-18-14-21(28)26-20-10-4-3-9-19(18)20/h3-4,9-10,17-18H,5-8,11-16H2,1-2H3,(H,26,28)(H2,23,24,25). The number of hydrogen-bond donors (Lipinski definition) is 3. The molecule has 0 spiro atoms. The number of nitrogens with one attached hydrogen (secondary N) is 3. The van der Waals surface area contributed by atoms with E-state index in [9.17, 15) is 4.79 Å². The highest BCUT2D eigenvalue weighted by atomic mass is 16.1. The van der Waals surface area contributed by atoms with Crippen LogP contribution in [0.25, 0.3) is 0 Å². The van der Waals surface area contributed by atoms with E-state index in [1.807, 2.05) is 18.2 Å². The largest absolute Gasteiger partial charge is 0.356 e. The molecule has 0 aromatic heterocycles. The summed E-state index contributed by atoms with van der Waals surface area (Å²) in [5.74, 6) is 1.92. The fraction of sp³-hybridized carbons (Fsp3) is 0.636. The van der Waals surface area contributed by atoms with E-state index in [2.05, 4.69) is 38.8 Å². The van der Waals surface area contributed by atoms with E-state index in [-0.39, 0.29) is 11.8 Å². The van der Waals surface area contributed by atoms with Crippen molar-refractivity contribution in [2.24, 2.45) is 10.9 Å². The molecule has 1 fully saturated rings. The third-order valence-corrected chi connectivity index (χ3v) is 5.78. The molecule has 2 heterocycles. The van der Waals surface area contributed by atoms with Gasteiger partial charge in [-0.25, -0.2) is 0 Å². The van der Waals surface area contributed by atoms with Gasteiger partial charge in [0.2, 0.25) is 5.91 Å². The van der Waals surface area contributed by atoms with Crippen molar-refractivity contribution in [2.75, 3.05) is 45.1 Å². The monoisotopic (exact) mass is 385 g/mol. The summed E-state index contributed by atoms with van der Waals surface area (Å²) in [6.45, 7) is 7.70. The molecule has 1 aromatic rings. The van der Waals surface area contributed by atoms with Gasteiger partial charge in [-0.15, -0.1) is 0 Å². The third-order valence-electron chi connectivity index (χ3n) is 5.78. The van der Waals surface area contributed by atoms with Gasteiger partial charge in [-0.1, -0.05) is 25.1 Å². The number of piperidine rings is 1. The first-order chi connectivity index (χ1) is 13.7. The number of para-hydroxylation sites is 1. The number of anilines is 1. The van der Waals surface area contributed by atoms with Crippen LogP contribution in [0.2, 0.25) is 0 Å².